The number of carbonyl (C=O) groups is 1. The number of nitrogens with two attached hydrogens (primary N) is 1. The lowest BCUT2D eigenvalue weighted by Crippen LogP contribution is -2.41. The van der Waals surface area contributed by atoms with Crippen LogP contribution < -0.4 is 5.73 Å². The van der Waals surface area contributed by atoms with Gasteiger partial charge in [0.05, 0.1) is 5.56 Å². The maximum absolute atomic E-state index is 14.0. The molecule has 0 atom stereocenters. The molecule has 0 radical (unpaired) electrons. The molecule has 19 heavy (non-hydrogen) atoms. The number of carbonyl (C=O) groups excluding carboxylic acids is 1. The van der Waals surface area contributed by atoms with E-state index in [1.807, 2.05) is 0 Å². The Balaban J connectivity index is 2.21. The van der Waals surface area contributed by atoms with Crippen molar-refractivity contribution in [3.05, 3.63) is 29.1 Å². The molecule has 1 aromatic rings. The minimum absolute atomic E-state index is 0.0946. The average molecular weight is 264 g/mol. The number of likely N-dealkylation sites (tertiary alicyclic amines) is 1. The van der Waals surface area contributed by atoms with Crippen LogP contribution in [0, 0.1) is 18.2 Å². The summed E-state index contributed by atoms with van der Waals surface area (Å²) >= 11 is 0. The molecule has 1 aliphatic rings. The molecule has 0 aliphatic carbocycles. The van der Waals surface area contributed by atoms with Gasteiger partial charge in [0.1, 0.15) is 5.82 Å². The highest BCUT2D eigenvalue weighted by Gasteiger charge is 2.29. The van der Waals surface area contributed by atoms with Crippen LogP contribution in [0.2, 0.25) is 0 Å². The Labute approximate surface area is 113 Å². The highest BCUT2D eigenvalue weighted by molar-refractivity contribution is 5.95. The Bertz CT molecular complexity index is 501. The van der Waals surface area contributed by atoms with Crippen molar-refractivity contribution in [3.8, 4) is 0 Å². The van der Waals surface area contributed by atoms with E-state index in [1.54, 1.807) is 17.9 Å². The Morgan fingerprint density at radius 1 is 1.32 bits per heavy atom. The van der Waals surface area contributed by atoms with Crippen molar-refractivity contribution in [1.29, 1.82) is 0 Å². The molecular formula is C15H21FN2O. The number of nitrogen functional groups attached to an aromatic ring is 1. The normalized spacial score (nSPS) is 18.4. The van der Waals surface area contributed by atoms with E-state index in [4.69, 9.17) is 5.73 Å². The van der Waals surface area contributed by atoms with Crippen molar-refractivity contribution in [2.75, 3.05) is 18.8 Å². The van der Waals surface area contributed by atoms with Gasteiger partial charge in [-0.15, -0.1) is 0 Å². The van der Waals surface area contributed by atoms with Crippen LogP contribution in [0.1, 0.15) is 42.6 Å². The fourth-order valence-electron chi connectivity index (χ4n) is 2.44. The number of aryl methyl sites for hydroxylation is 1. The monoisotopic (exact) mass is 264 g/mol. The van der Waals surface area contributed by atoms with Gasteiger partial charge in [-0.3, -0.25) is 4.79 Å². The largest absolute Gasteiger partial charge is 0.399 e. The minimum Gasteiger partial charge on any atom is -0.399 e. The van der Waals surface area contributed by atoms with E-state index in [-0.39, 0.29) is 16.9 Å². The summed E-state index contributed by atoms with van der Waals surface area (Å²) < 4.78 is 14.0. The molecule has 0 saturated carbocycles. The molecule has 3 nitrogen and oxygen atoms in total. The molecule has 1 amide bonds. The molecule has 1 heterocycles. The molecule has 2 N–H and O–H groups in total. The quantitative estimate of drug-likeness (QED) is 0.793. The lowest BCUT2D eigenvalue weighted by molar-refractivity contribution is 0.0625. The van der Waals surface area contributed by atoms with E-state index < -0.39 is 5.82 Å². The first kappa shape index (κ1) is 13.8. The van der Waals surface area contributed by atoms with E-state index >= 15 is 0 Å². The number of rotatable bonds is 1. The standard InChI is InChI=1S/C15H21FN2O/c1-10-8-11(17)9-12(13(10)16)14(19)18-6-4-15(2,3)5-7-18/h8-9H,4-7,17H2,1-3H3. The zero-order valence-corrected chi connectivity index (χ0v) is 11.8. The van der Waals surface area contributed by atoms with Gasteiger partial charge in [-0.25, -0.2) is 4.39 Å². The third-order valence-electron chi connectivity index (χ3n) is 3.91. The number of nitrogens with zero attached hydrogens (tertiary/aromatic N) is 1. The predicted molar refractivity (Wildman–Crippen MR) is 74.5 cm³/mol. The summed E-state index contributed by atoms with van der Waals surface area (Å²) in [5.74, 6) is -0.701. The third kappa shape index (κ3) is 2.88. The molecule has 4 heteroatoms. The number of anilines is 1. The van der Waals surface area contributed by atoms with Crippen LogP contribution >= 0.6 is 0 Å². The number of amides is 1. The smallest absolute Gasteiger partial charge is 0.256 e. The van der Waals surface area contributed by atoms with Crippen LogP contribution in [0.3, 0.4) is 0 Å². The van der Waals surface area contributed by atoms with Gasteiger partial charge < -0.3 is 10.6 Å². The number of hydrogen-bond acceptors (Lipinski definition) is 2. The summed E-state index contributed by atoms with van der Waals surface area (Å²) in [6.07, 6.45) is 1.89. The number of piperidine rings is 1. The first-order chi connectivity index (χ1) is 8.80. The second kappa shape index (κ2) is 4.83. The van der Waals surface area contributed by atoms with Gasteiger partial charge in [0.2, 0.25) is 0 Å². The van der Waals surface area contributed by atoms with Gasteiger partial charge in [-0.05, 0) is 42.9 Å². The van der Waals surface area contributed by atoms with Crippen LogP contribution in [0.15, 0.2) is 12.1 Å². The molecule has 2 rings (SSSR count). The molecule has 104 valence electrons. The van der Waals surface area contributed by atoms with E-state index in [9.17, 15) is 9.18 Å². The maximum atomic E-state index is 14.0. The zero-order valence-electron chi connectivity index (χ0n) is 11.8. The van der Waals surface area contributed by atoms with Crippen molar-refractivity contribution >= 4 is 11.6 Å². The SMILES string of the molecule is Cc1cc(N)cc(C(=O)N2CCC(C)(C)CC2)c1F. The summed E-state index contributed by atoms with van der Waals surface area (Å²) in [6, 6.07) is 2.98. The maximum Gasteiger partial charge on any atom is 0.256 e. The Hall–Kier alpha value is -1.58. The Morgan fingerprint density at radius 3 is 2.47 bits per heavy atom. The van der Waals surface area contributed by atoms with Crippen LogP contribution in [-0.2, 0) is 0 Å². The topological polar surface area (TPSA) is 46.3 Å². The summed E-state index contributed by atoms with van der Waals surface area (Å²) in [4.78, 5) is 14.1. The molecule has 1 aliphatic heterocycles. The molecule has 0 spiro atoms. The van der Waals surface area contributed by atoms with Crippen LogP contribution in [0.25, 0.3) is 0 Å². The summed E-state index contributed by atoms with van der Waals surface area (Å²) in [5, 5.41) is 0. The summed E-state index contributed by atoms with van der Waals surface area (Å²) in [5.41, 5.74) is 6.91. The number of halogens is 1. The van der Waals surface area contributed by atoms with Crippen molar-refractivity contribution in [1.82, 2.24) is 4.90 Å². The lowest BCUT2D eigenvalue weighted by atomic mass is 9.82. The predicted octanol–water partition coefficient (Wildman–Crippen LogP) is 2.98. The molecule has 1 aromatic carbocycles. The van der Waals surface area contributed by atoms with Gasteiger partial charge in [-0.2, -0.15) is 0 Å². The molecule has 0 unspecified atom stereocenters. The molecular weight excluding hydrogens is 243 g/mol. The fourth-order valence-corrected chi connectivity index (χ4v) is 2.44. The molecule has 0 bridgehead atoms. The summed E-state index contributed by atoms with van der Waals surface area (Å²) in [6.45, 7) is 7.38. The number of benzene rings is 1. The molecule has 1 fully saturated rings. The fraction of sp³-hybridized carbons (Fsp3) is 0.533. The van der Waals surface area contributed by atoms with Crippen molar-refractivity contribution in [3.63, 3.8) is 0 Å². The second-order valence-electron chi connectivity index (χ2n) is 6.16. The van der Waals surface area contributed by atoms with E-state index in [0.717, 1.165) is 12.8 Å². The Morgan fingerprint density at radius 2 is 1.89 bits per heavy atom. The molecule has 0 aromatic heterocycles. The van der Waals surface area contributed by atoms with Crippen molar-refractivity contribution < 1.29 is 9.18 Å². The molecule has 1 saturated heterocycles. The van der Waals surface area contributed by atoms with Gasteiger partial charge in [0, 0.05) is 18.8 Å². The van der Waals surface area contributed by atoms with Crippen LogP contribution in [-0.4, -0.2) is 23.9 Å². The first-order valence-corrected chi connectivity index (χ1v) is 6.65. The minimum atomic E-state index is -0.455. The van der Waals surface area contributed by atoms with Gasteiger partial charge in [-0.1, -0.05) is 13.8 Å². The van der Waals surface area contributed by atoms with Crippen molar-refractivity contribution in [2.24, 2.45) is 5.41 Å². The van der Waals surface area contributed by atoms with E-state index in [0.29, 0.717) is 24.3 Å². The van der Waals surface area contributed by atoms with E-state index in [2.05, 4.69) is 13.8 Å². The average Bonchev–Trinajstić information content (AvgIpc) is 2.33. The van der Waals surface area contributed by atoms with Crippen LogP contribution in [0.4, 0.5) is 10.1 Å². The van der Waals surface area contributed by atoms with Gasteiger partial charge in [0.25, 0.3) is 5.91 Å². The van der Waals surface area contributed by atoms with E-state index in [1.165, 1.54) is 6.07 Å². The first-order valence-electron chi connectivity index (χ1n) is 6.65. The van der Waals surface area contributed by atoms with Gasteiger partial charge >= 0.3 is 0 Å². The second-order valence-corrected chi connectivity index (χ2v) is 6.16. The number of hydrogen-bond donors (Lipinski definition) is 1. The van der Waals surface area contributed by atoms with Crippen molar-refractivity contribution in [2.45, 2.75) is 33.6 Å². The lowest BCUT2D eigenvalue weighted by Gasteiger charge is -2.37. The highest BCUT2D eigenvalue weighted by Crippen LogP contribution is 2.30. The summed E-state index contributed by atoms with van der Waals surface area (Å²) in [7, 11) is 0. The highest BCUT2D eigenvalue weighted by atomic mass is 19.1. The third-order valence-corrected chi connectivity index (χ3v) is 3.91. The van der Waals surface area contributed by atoms with Gasteiger partial charge in [0.15, 0.2) is 0 Å². The Kier molecular flexibility index (Phi) is 3.52. The zero-order chi connectivity index (χ0) is 14.2. The van der Waals surface area contributed by atoms with Crippen LogP contribution in [0.5, 0.6) is 0 Å².